The molecule has 7 heteroatoms. The Hall–Kier alpha value is -3.02. The molecule has 174 valence electrons. The number of nitrogens with zero attached hydrogens (tertiary/aromatic N) is 2. The van der Waals surface area contributed by atoms with Gasteiger partial charge in [0.15, 0.2) is 0 Å². The van der Waals surface area contributed by atoms with Gasteiger partial charge in [0.2, 0.25) is 5.91 Å². The summed E-state index contributed by atoms with van der Waals surface area (Å²) in [5, 5.41) is 1.25. The van der Waals surface area contributed by atoms with Gasteiger partial charge in [0.1, 0.15) is 11.5 Å². The molecule has 0 aromatic heterocycles. The molecule has 0 aliphatic carbocycles. The van der Waals surface area contributed by atoms with Gasteiger partial charge in [-0.3, -0.25) is 9.59 Å². The van der Waals surface area contributed by atoms with Crippen LogP contribution in [0.3, 0.4) is 0 Å². The largest absolute Gasteiger partial charge is 0.457 e. The minimum absolute atomic E-state index is 0.0476. The first-order chi connectivity index (χ1) is 16.4. The number of hydrogen-bond donors (Lipinski definition) is 0. The maximum atomic E-state index is 13.3. The third kappa shape index (κ3) is 4.50. The Bertz CT molecular complexity index is 1220. The molecule has 0 saturated carbocycles. The van der Waals surface area contributed by atoms with Gasteiger partial charge >= 0.3 is 0 Å². The van der Waals surface area contributed by atoms with Crippen molar-refractivity contribution in [2.45, 2.75) is 19.3 Å². The summed E-state index contributed by atoms with van der Waals surface area (Å²) < 4.78 is 5.87. The van der Waals surface area contributed by atoms with Crippen molar-refractivity contribution in [3.63, 3.8) is 0 Å². The van der Waals surface area contributed by atoms with E-state index < -0.39 is 5.41 Å². The zero-order chi connectivity index (χ0) is 23.7. The number of benzene rings is 3. The van der Waals surface area contributed by atoms with Crippen LogP contribution in [0, 0.1) is 5.41 Å². The molecule has 0 bridgehead atoms. The molecule has 5 nitrogen and oxygen atoms in total. The molecule has 1 spiro atoms. The van der Waals surface area contributed by atoms with Gasteiger partial charge in [0, 0.05) is 40.9 Å². The second-order valence-electron chi connectivity index (χ2n) is 8.84. The van der Waals surface area contributed by atoms with Crippen LogP contribution < -0.4 is 9.64 Å². The highest BCUT2D eigenvalue weighted by molar-refractivity contribution is 6.31. The number of halogens is 2. The lowest BCUT2D eigenvalue weighted by Crippen LogP contribution is -2.46. The van der Waals surface area contributed by atoms with E-state index in [4.69, 9.17) is 27.9 Å². The minimum atomic E-state index is -0.404. The molecular formula is C27H24Cl2N2O3. The third-order valence-electron chi connectivity index (χ3n) is 6.77. The predicted molar refractivity (Wildman–Crippen MR) is 134 cm³/mol. The number of carbonyl (C=O) groups is 2. The number of anilines is 1. The first-order valence-corrected chi connectivity index (χ1v) is 12.1. The molecule has 3 aromatic carbocycles. The lowest BCUT2D eigenvalue weighted by Gasteiger charge is -2.38. The van der Waals surface area contributed by atoms with Crippen molar-refractivity contribution >= 4 is 40.7 Å². The topological polar surface area (TPSA) is 49.9 Å². The van der Waals surface area contributed by atoms with E-state index >= 15 is 0 Å². The molecule has 2 amide bonds. The molecule has 0 unspecified atom stereocenters. The molecule has 5 rings (SSSR count). The molecule has 2 aliphatic heterocycles. The number of amides is 2. The molecule has 2 heterocycles. The predicted octanol–water partition coefficient (Wildman–Crippen LogP) is 6.45. The van der Waals surface area contributed by atoms with Gasteiger partial charge in [-0.1, -0.05) is 35.3 Å². The van der Waals surface area contributed by atoms with Crippen LogP contribution in [0.15, 0.2) is 72.8 Å². The normalized spacial score (nSPS) is 17.3. The molecule has 0 radical (unpaired) electrons. The molecule has 0 N–H and O–H groups in total. The first-order valence-electron chi connectivity index (χ1n) is 11.3. The van der Waals surface area contributed by atoms with Gasteiger partial charge in [0.05, 0.1) is 5.41 Å². The van der Waals surface area contributed by atoms with E-state index in [2.05, 4.69) is 0 Å². The monoisotopic (exact) mass is 494 g/mol. The fraction of sp³-hybridized carbons (Fsp3) is 0.259. The zero-order valence-corrected chi connectivity index (χ0v) is 20.1. The smallest absolute Gasteiger partial charge is 0.253 e. The van der Waals surface area contributed by atoms with Crippen LogP contribution in [0.5, 0.6) is 11.5 Å². The highest BCUT2D eigenvalue weighted by Gasteiger charge is 2.49. The quantitative estimate of drug-likeness (QED) is 0.418. The zero-order valence-electron chi connectivity index (χ0n) is 18.5. The SMILES string of the molecule is O=C(c1cccc(Oc2ccc(Cl)cc2)c1)N1CCC2(CC1)CCN(c1cccc(Cl)c1)C2=O. The fourth-order valence-electron chi connectivity index (χ4n) is 4.83. The second-order valence-corrected chi connectivity index (χ2v) is 9.72. The number of likely N-dealkylation sites (tertiary alicyclic amines) is 1. The van der Waals surface area contributed by atoms with Crippen LogP contribution in [-0.2, 0) is 4.79 Å². The van der Waals surface area contributed by atoms with E-state index in [-0.39, 0.29) is 11.8 Å². The van der Waals surface area contributed by atoms with Gasteiger partial charge in [-0.25, -0.2) is 0 Å². The van der Waals surface area contributed by atoms with Crippen LogP contribution in [0.25, 0.3) is 0 Å². The van der Waals surface area contributed by atoms with E-state index in [9.17, 15) is 9.59 Å². The van der Waals surface area contributed by atoms with E-state index in [0.717, 1.165) is 12.1 Å². The second kappa shape index (κ2) is 9.32. The highest BCUT2D eigenvalue weighted by atomic mass is 35.5. The Labute approximate surface area is 208 Å². The summed E-state index contributed by atoms with van der Waals surface area (Å²) in [7, 11) is 0. The highest BCUT2D eigenvalue weighted by Crippen LogP contribution is 2.43. The van der Waals surface area contributed by atoms with Crippen LogP contribution in [-0.4, -0.2) is 36.3 Å². The maximum absolute atomic E-state index is 13.3. The standard InChI is InChI=1S/C27H24Cl2N2O3/c28-20-7-9-23(10-8-20)34-24-6-1-3-19(17-24)25(32)30-14-11-27(12-15-30)13-16-31(26(27)33)22-5-2-4-21(29)18-22/h1-10,17-18H,11-16H2. The first kappa shape index (κ1) is 22.8. The van der Waals surface area contributed by atoms with Gasteiger partial charge in [-0.15, -0.1) is 0 Å². The van der Waals surface area contributed by atoms with Crippen LogP contribution >= 0.6 is 23.2 Å². The number of ether oxygens (including phenoxy) is 1. The number of hydrogen-bond acceptors (Lipinski definition) is 3. The van der Waals surface area contributed by atoms with E-state index in [1.807, 2.05) is 40.1 Å². The molecule has 2 fully saturated rings. The summed E-state index contributed by atoms with van der Waals surface area (Å²) in [5.74, 6) is 1.33. The summed E-state index contributed by atoms with van der Waals surface area (Å²) in [4.78, 5) is 30.2. The molecule has 2 saturated heterocycles. The summed E-state index contributed by atoms with van der Waals surface area (Å²) in [6.45, 7) is 1.78. The van der Waals surface area contributed by atoms with Crippen molar-refractivity contribution in [2.75, 3.05) is 24.5 Å². The third-order valence-corrected chi connectivity index (χ3v) is 7.26. The fourth-order valence-corrected chi connectivity index (χ4v) is 5.14. The summed E-state index contributed by atoms with van der Waals surface area (Å²) in [5.41, 5.74) is 1.00. The summed E-state index contributed by atoms with van der Waals surface area (Å²) in [6, 6.07) is 21.7. The van der Waals surface area contributed by atoms with Crippen molar-refractivity contribution in [3.05, 3.63) is 88.4 Å². The Morgan fingerprint density at radius 1 is 0.794 bits per heavy atom. The number of piperidine rings is 1. The Kier molecular flexibility index (Phi) is 6.24. The summed E-state index contributed by atoms with van der Waals surface area (Å²) in [6.07, 6.45) is 2.12. The van der Waals surface area contributed by atoms with E-state index in [1.165, 1.54) is 0 Å². The Morgan fingerprint density at radius 2 is 1.50 bits per heavy atom. The Balaban J connectivity index is 1.24. The lowest BCUT2D eigenvalue weighted by molar-refractivity contribution is -0.127. The van der Waals surface area contributed by atoms with E-state index in [0.29, 0.717) is 59.6 Å². The molecule has 34 heavy (non-hydrogen) atoms. The lowest BCUT2D eigenvalue weighted by atomic mass is 9.77. The van der Waals surface area contributed by atoms with Crippen LogP contribution in [0.1, 0.15) is 29.6 Å². The van der Waals surface area contributed by atoms with Gasteiger partial charge in [-0.2, -0.15) is 0 Å². The Morgan fingerprint density at radius 3 is 2.24 bits per heavy atom. The molecular weight excluding hydrogens is 471 g/mol. The number of rotatable bonds is 4. The van der Waals surface area contributed by atoms with Crippen molar-refractivity contribution in [1.82, 2.24) is 4.90 Å². The summed E-state index contributed by atoms with van der Waals surface area (Å²) >= 11 is 12.1. The van der Waals surface area contributed by atoms with Gasteiger partial charge in [-0.05, 0) is 79.9 Å². The number of carbonyl (C=O) groups excluding carboxylic acids is 2. The minimum Gasteiger partial charge on any atom is -0.457 e. The maximum Gasteiger partial charge on any atom is 0.253 e. The average molecular weight is 495 g/mol. The van der Waals surface area contributed by atoms with Gasteiger partial charge in [0.25, 0.3) is 5.91 Å². The van der Waals surface area contributed by atoms with Crippen molar-refractivity contribution in [1.29, 1.82) is 0 Å². The van der Waals surface area contributed by atoms with Crippen molar-refractivity contribution < 1.29 is 14.3 Å². The van der Waals surface area contributed by atoms with Crippen LogP contribution in [0.2, 0.25) is 10.0 Å². The van der Waals surface area contributed by atoms with Gasteiger partial charge < -0.3 is 14.5 Å². The van der Waals surface area contributed by atoms with Crippen molar-refractivity contribution in [2.24, 2.45) is 5.41 Å². The van der Waals surface area contributed by atoms with E-state index in [1.54, 1.807) is 42.5 Å². The molecule has 2 aliphatic rings. The van der Waals surface area contributed by atoms with Crippen molar-refractivity contribution in [3.8, 4) is 11.5 Å². The molecule has 3 aromatic rings. The molecule has 0 atom stereocenters. The average Bonchev–Trinajstić information content (AvgIpc) is 3.16. The van der Waals surface area contributed by atoms with Crippen LogP contribution in [0.4, 0.5) is 5.69 Å².